The molecule has 0 bridgehead atoms. The zero-order valence-corrected chi connectivity index (χ0v) is 7.28. The Morgan fingerprint density at radius 3 is 2.25 bits per heavy atom. The maximum absolute atomic E-state index is 11.9. The van der Waals surface area contributed by atoms with Crippen molar-refractivity contribution in [2.45, 2.75) is 26.1 Å². The number of alkyl halides is 3. The van der Waals surface area contributed by atoms with Crippen molar-refractivity contribution in [3.05, 3.63) is 0 Å². The first-order chi connectivity index (χ1) is 5.39. The predicted octanol–water partition coefficient (Wildman–Crippen LogP) is 1.75. The molecule has 0 aliphatic rings. The van der Waals surface area contributed by atoms with Crippen LogP contribution in [0.1, 0.15) is 19.8 Å². The van der Waals surface area contributed by atoms with E-state index in [9.17, 15) is 17.4 Å². The smallest absolute Gasteiger partial charge is 0.293 e. The highest BCUT2D eigenvalue weighted by molar-refractivity contribution is 7.76. The highest BCUT2D eigenvalue weighted by atomic mass is 32.2. The molecule has 0 aliphatic carbocycles. The molecule has 0 aromatic rings. The van der Waals surface area contributed by atoms with Crippen LogP contribution in [-0.4, -0.2) is 25.9 Å². The molecule has 12 heavy (non-hydrogen) atoms. The van der Waals surface area contributed by atoms with Gasteiger partial charge in [-0.3, -0.25) is 4.55 Å². The molecule has 1 atom stereocenters. The average molecular weight is 205 g/mol. The minimum Gasteiger partial charge on any atom is -0.293 e. The van der Waals surface area contributed by atoms with Gasteiger partial charge in [0.1, 0.15) is 0 Å². The van der Waals surface area contributed by atoms with Gasteiger partial charge in [0, 0.05) is 6.54 Å². The fourth-order valence-electron chi connectivity index (χ4n) is 0.595. The fourth-order valence-corrected chi connectivity index (χ4v) is 1.06. The molecule has 0 spiro atoms. The molecule has 74 valence electrons. The summed E-state index contributed by atoms with van der Waals surface area (Å²) >= 11 is -2.97. The Hall–Kier alpha value is -0.140. The highest BCUT2D eigenvalue weighted by Gasteiger charge is 2.40. The molecule has 0 rings (SSSR count). The van der Waals surface area contributed by atoms with E-state index in [0.717, 1.165) is 0 Å². The van der Waals surface area contributed by atoms with E-state index in [-0.39, 0.29) is 6.42 Å². The van der Waals surface area contributed by atoms with Crippen LogP contribution in [0.4, 0.5) is 13.2 Å². The minimum atomic E-state index is -4.73. The summed E-state index contributed by atoms with van der Waals surface area (Å²) in [4.78, 5) is 0. The molecule has 0 aromatic carbocycles. The Balaban J connectivity index is 4.15. The Morgan fingerprint density at radius 2 is 2.00 bits per heavy atom. The zero-order chi connectivity index (χ0) is 9.78. The lowest BCUT2D eigenvalue weighted by Crippen LogP contribution is -2.39. The number of hydrogen-bond acceptors (Lipinski definition) is 1. The van der Waals surface area contributed by atoms with E-state index in [1.165, 1.54) is 0 Å². The molecule has 0 heterocycles. The number of hydrogen-bond donors (Lipinski definition) is 1. The largest absolute Gasteiger partial charge is 0.473 e. The molecule has 7 heteroatoms. The van der Waals surface area contributed by atoms with Crippen LogP contribution in [0.15, 0.2) is 0 Å². The van der Waals surface area contributed by atoms with Crippen molar-refractivity contribution in [1.82, 2.24) is 4.31 Å². The molecule has 3 nitrogen and oxygen atoms in total. The molecular formula is C5H10F3NO2S. The lowest BCUT2D eigenvalue weighted by Gasteiger charge is -2.19. The van der Waals surface area contributed by atoms with Gasteiger partial charge in [-0.05, 0) is 6.42 Å². The monoisotopic (exact) mass is 205 g/mol. The third-order valence-corrected chi connectivity index (χ3v) is 1.95. The van der Waals surface area contributed by atoms with Crippen molar-refractivity contribution in [2.24, 2.45) is 0 Å². The Bertz CT molecular complexity index is 161. The summed E-state index contributed by atoms with van der Waals surface area (Å²) in [6.07, 6.45) is -3.94. The first-order valence-electron chi connectivity index (χ1n) is 3.35. The maximum Gasteiger partial charge on any atom is 0.473 e. The topological polar surface area (TPSA) is 40.5 Å². The lowest BCUT2D eigenvalue weighted by molar-refractivity contribution is -0.210. The van der Waals surface area contributed by atoms with Crippen LogP contribution in [0.3, 0.4) is 0 Å². The van der Waals surface area contributed by atoms with Crippen molar-refractivity contribution >= 4 is 11.3 Å². The summed E-state index contributed by atoms with van der Waals surface area (Å²) in [7, 11) is 0. The summed E-state index contributed by atoms with van der Waals surface area (Å²) in [6, 6.07) is 0. The van der Waals surface area contributed by atoms with E-state index >= 15 is 0 Å². The van der Waals surface area contributed by atoms with Crippen molar-refractivity contribution < 1.29 is 21.9 Å². The summed E-state index contributed by atoms with van der Waals surface area (Å²) < 4.78 is 53.6. The van der Waals surface area contributed by atoms with Crippen molar-refractivity contribution in [3.63, 3.8) is 0 Å². The predicted molar refractivity (Wildman–Crippen MR) is 38.4 cm³/mol. The molecular weight excluding hydrogens is 195 g/mol. The van der Waals surface area contributed by atoms with Gasteiger partial charge in [0.15, 0.2) is 0 Å². The summed E-state index contributed by atoms with van der Waals surface area (Å²) in [5.41, 5.74) is 0. The highest BCUT2D eigenvalue weighted by Crippen LogP contribution is 2.22. The van der Waals surface area contributed by atoms with Gasteiger partial charge >= 0.3 is 6.30 Å². The van der Waals surface area contributed by atoms with Crippen molar-refractivity contribution in [3.8, 4) is 0 Å². The van der Waals surface area contributed by atoms with E-state index < -0.39 is 28.4 Å². The molecule has 0 saturated carbocycles. The lowest BCUT2D eigenvalue weighted by atomic mass is 10.3. The first-order valence-corrected chi connectivity index (χ1v) is 4.41. The van der Waals surface area contributed by atoms with Gasteiger partial charge in [-0.2, -0.15) is 13.2 Å². The number of nitrogens with zero attached hydrogens (tertiary/aromatic N) is 1. The molecule has 0 saturated heterocycles. The zero-order valence-electron chi connectivity index (χ0n) is 6.47. The molecule has 0 aromatic heterocycles. The average Bonchev–Trinajstić information content (AvgIpc) is 1.84. The Morgan fingerprint density at radius 1 is 1.50 bits per heavy atom. The fraction of sp³-hybridized carbons (Fsp3) is 1.00. The molecule has 0 radical (unpaired) electrons. The van der Waals surface area contributed by atoms with Crippen LogP contribution in [0.5, 0.6) is 0 Å². The van der Waals surface area contributed by atoms with E-state index in [0.29, 0.717) is 6.42 Å². The van der Waals surface area contributed by atoms with Gasteiger partial charge in [-0.25, -0.2) is 4.21 Å². The first kappa shape index (κ1) is 11.9. The second-order valence-electron chi connectivity index (χ2n) is 2.15. The van der Waals surface area contributed by atoms with Gasteiger partial charge < -0.3 is 0 Å². The van der Waals surface area contributed by atoms with Crippen molar-refractivity contribution in [1.29, 1.82) is 0 Å². The number of halogens is 3. The van der Waals surface area contributed by atoms with Crippen LogP contribution >= 0.6 is 0 Å². The van der Waals surface area contributed by atoms with E-state index in [4.69, 9.17) is 4.55 Å². The minimum absolute atomic E-state index is 0.242. The molecule has 0 amide bonds. The van der Waals surface area contributed by atoms with Crippen LogP contribution < -0.4 is 0 Å². The van der Waals surface area contributed by atoms with Crippen LogP contribution in [-0.2, 0) is 11.3 Å². The SMILES string of the molecule is CCCCN(S(=O)O)C(F)(F)F. The second kappa shape index (κ2) is 4.78. The van der Waals surface area contributed by atoms with Gasteiger partial charge in [-0.1, -0.05) is 13.3 Å². The Kier molecular flexibility index (Phi) is 4.73. The number of unbranched alkanes of at least 4 members (excludes halogenated alkanes) is 1. The molecule has 1 N–H and O–H groups in total. The van der Waals surface area contributed by atoms with E-state index in [1.807, 2.05) is 0 Å². The van der Waals surface area contributed by atoms with E-state index in [1.54, 1.807) is 6.92 Å². The van der Waals surface area contributed by atoms with Gasteiger partial charge in [0.05, 0.1) is 0 Å². The Labute approximate surface area is 71.0 Å². The van der Waals surface area contributed by atoms with Crippen molar-refractivity contribution in [2.75, 3.05) is 6.54 Å². The van der Waals surface area contributed by atoms with Crippen LogP contribution in [0.2, 0.25) is 0 Å². The third-order valence-electron chi connectivity index (χ3n) is 1.19. The standard InChI is InChI=1S/C5H10F3NO2S/c1-2-3-4-9(12(10)11)5(6,7)8/h2-4H2,1H3,(H,10,11). The number of rotatable bonds is 4. The molecule has 0 fully saturated rings. The second-order valence-corrected chi connectivity index (χ2v) is 3.06. The summed E-state index contributed by atoms with van der Waals surface area (Å²) in [5.74, 6) is 0. The van der Waals surface area contributed by atoms with Crippen LogP contribution in [0.25, 0.3) is 0 Å². The summed E-state index contributed by atoms with van der Waals surface area (Å²) in [5, 5.41) is 0. The quantitative estimate of drug-likeness (QED) is 0.561. The summed E-state index contributed by atoms with van der Waals surface area (Å²) in [6.45, 7) is 1.26. The van der Waals surface area contributed by atoms with Gasteiger partial charge in [0.25, 0.3) is 0 Å². The molecule has 1 unspecified atom stereocenters. The van der Waals surface area contributed by atoms with Gasteiger partial charge in [-0.15, -0.1) is 4.31 Å². The normalized spacial score (nSPS) is 15.2. The molecule has 0 aliphatic heterocycles. The third kappa shape index (κ3) is 4.03. The maximum atomic E-state index is 11.9. The van der Waals surface area contributed by atoms with Gasteiger partial charge in [0.2, 0.25) is 11.3 Å². The van der Waals surface area contributed by atoms with E-state index in [2.05, 4.69) is 0 Å². The van der Waals surface area contributed by atoms with Crippen LogP contribution in [0, 0.1) is 0 Å².